The average molecular weight is 333 g/mol. The average Bonchev–Trinajstić information content (AvgIpc) is 3.24. The number of hydrogen-bond donors (Lipinski definition) is 2. The van der Waals surface area contributed by atoms with Gasteiger partial charge in [0, 0.05) is 13.1 Å². The van der Waals surface area contributed by atoms with Crippen molar-refractivity contribution in [2.24, 2.45) is 5.92 Å². The molecule has 1 unspecified atom stereocenters. The third-order valence-electron chi connectivity index (χ3n) is 4.49. The number of benzene rings is 1. The summed E-state index contributed by atoms with van der Waals surface area (Å²) in [6.45, 7) is 7.85. The maximum Gasteiger partial charge on any atom is 0.314 e. The van der Waals surface area contributed by atoms with E-state index in [2.05, 4.69) is 35.4 Å². The minimum atomic E-state index is -0.103. The van der Waals surface area contributed by atoms with E-state index in [0.717, 1.165) is 30.2 Å². The van der Waals surface area contributed by atoms with E-state index in [0.29, 0.717) is 19.0 Å². The summed E-state index contributed by atoms with van der Waals surface area (Å²) in [4.78, 5) is 14.4. The Morgan fingerprint density at radius 3 is 2.58 bits per heavy atom. The minimum Gasteiger partial charge on any atom is -0.454 e. The SMILES string of the molecule is CC(C)CNC(=O)NCC(c1ccc2c(c1)OCO2)N1CCCC1. The first kappa shape index (κ1) is 16.9. The Hall–Kier alpha value is -1.95. The Balaban J connectivity index is 1.66. The van der Waals surface area contributed by atoms with E-state index in [1.54, 1.807) is 0 Å². The summed E-state index contributed by atoms with van der Waals surface area (Å²) < 4.78 is 10.9. The number of carbonyl (C=O) groups excluding carboxylic acids is 1. The summed E-state index contributed by atoms with van der Waals surface area (Å²) in [5.74, 6) is 2.03. The van der Waals surface area contributed by atoms with Gasteiger partial charge in [-0.15, -0.1) is 0 Å². The summed E-state index contributed by atoms with van der Waals surface area (Å²) in [5.41, 5.74) is 1.16. The molecule has 132 valence electrons. The van der Waals surface area contributed by atoms with Crippen LogP contribution in [0.25, 0.3) is 0 Å². The van der Waals surface area contributed by atoms with Crippen molar-refractivity contribution >= 4 is 6.03 Å². The Kier molecular flexibility index (Phi) is 5.45. The number of likely N-dealkylation sites (tertiary alicyclic amines) is 1. The van der Waals surface area contributed by atoms with Crippen LogP contribution < -0.4 is 20.1 Å². The van der Waals surface area contributed by atoms with Gasteiger partial charge in [0.05, 0.1) is 6.04 Å². The molecule has 2 N–H and O–H groups in total. The summed E-state index contributed by atoms with van der Waals surface area (Å²) in [7, 11) is 0. The van der Waals surface area contributed by atoms with Gasteiger partial charge in [-0.1, -0.05) is 19.9 Å². The van der Waals surface area contributed by atoms with E-state index in [-0.39, 0.29) is 18.9 Å². The van der Waals surface area contributed by atoms with Gasteiger partial charge in [-0.2, -0.15) is 0 Å². The van der Waals surface area contributed by atoms with Crippen molar-refractivity contribution in [2.75, 3.05) is 33.0 Å². The molecule has 0 aromatic heterocycles. The number of nitrogens with zero attached hydrogens (tertiary/aromatic N) is 1. The Morgan fingerprint density at radius 1 is 1.12 bits per heavy atom. The van der Waals surface area contributed by atoms with E-state index in [1.807, 2.05) is 12.1 Å². The molecule has 0 aliphatic carbocycles. The van der Waals surface area contributed by atoms with Gasteiger partial charge in [0.15, 0.2) is 11.5 Å². The highest BCUT2D eigenvalue weighted by Crippen LogP contribution is 2.36. The van der Waals surface area contributed by atoms with Gasteiger partial charge < -0.3 is 20.1 Å². The first-order valence-electron chi connectivity index (χ1n) is 8.79. The number of nitrogens with one attached hydrogen (secondary N) is 2. The van der Waals surface area contributed by atoms with E-state index in [1.165, 1.54) is 12.8 Å². The van der Waals surface area contributed by atoms with Gasteiger partial charge in [-0.25, -0.2) is 4.79 Å². The normalized spacial score (nSPS) is 18.0. The van der Waals surface area contributed by atoms with Crippen LogP contribution in [0.4, 0.5) is 4.79 Å². The first-order chi connectivity index (χ1) is 11.6. The standard InChI is InChI=1S/C18H27N3O3/c1-13(2)10-19-18(22)20-11-15(21-7-3-4-8-21)14-5-6-16-17(9-14)24-12-23-16/h5-6,9,13,15H,3-4,7-8,10-12H2,1-2H3,(H2,19,20,22). The number of fused-ring (bicyclic) bond motifs is 1. The second-order valence-electron chi connectivity index (χ2n) is 6.86. The molecule has 0 saturated carbocycles. The molecule has 1 aromatic rings. The lowest BCUT2D eigenvalue weighted by Crippen LogP contribution is -2.42. The maximum absolute atomic E-state index is 12.0. The number of urea groups is 1. The third-order valence-corrected chi connectivity index (χ3v) is 4.49. The molecule has 6 heteroatoms. The summed E-state index contributed by atoms with van der Waals surface area (Å²) in [6, 6.07) is 6.13. The molecule has 3 rings (SSSR count). The van der Waals surface area contributed by atoms with Crippen LogP contribution in [-0.2, 0) is 0 Å². The van der Waals surface area contributed by atoms with Crippen LogP contribution in [0.2, 0.25) is 0 Å². The van der Waals surface area contributed by atoms with Gasteiger partial charge in [0.2, 0.25) is 6.79 Å². The fourth-order valence-electron chi connectivity index (χ4n) is 3.18. The lowest BCUT2D eigenvalue weighted by atomic mass is 10.0. The smallest absolute Gasteiger partial charge is 0.314 e. The highest BCUT2D eigenvalue weighted by Gasteiger charge is 2.26. The Labute approximate surface area is 143 Å². The predicted octanol–water partition coefficient (Wildman–Crippen LogP) is 2.51. The van der Waals surface area contributed by atoms with Crippen molar-refractivity contribution in [3.8, 4) is 11.5 Å². The molecular weight excluding hydrogens is 306 g/mol. The molecule has 1 fully saturated rings. The molecule has 2 aliphatic heterocycles. The largest absolute Gasteiger partial charge is 0.454 e. The lowest BCUT2D eigenvalue weighted by molar-refractivity contribution is 0.173. The van der Waals surface area contributed by atoms with Crippen molar-refractivity contribution in [1.29, 1.82) is 0 Å². The quantitative estimate of drug-likeness (QED) is 0.840. The predicted molar refractivity (Wildman–Crippen MR) is 92.4 cm³/mol. The van der Waals surface area contributed by atoms with E-state index >= 15 is 0 Å². The van der Waals surface area contributed by atoms with Gasteiger partial charge in [-0.05, 0) is 49.5 Å². The van der Waals surface area contributed by atoms with Crippen molar-refractivity contribution in [1.82, 2.24) is 15.5 Å². The number of carbonyl (C=O) groups is 1. The first-order valence-corrected chi connectivity index (χ1v) is 8.79. The molecular formula is C18H27N3O3. The fraction of sp³-hybridized carbons (Fsp3) is 0.611. The third kappa shape index (κ3) is 4.12. The van der Waals surface area contributed by atoms with Crippen LogP contribution in [-0.4, -0.2) is 43.9 Å². The van der Waals surface area contributed by atoms with E-state index in [4.69, 9.17) is 9.47 Å². The second kappa shape index (κ2) is 7.75. The van der Waals surface area contributed by atoms with Crippen molar-refractivity contribution < 1.29 is 14.3 Å². The van der Waals surface area contributed by atoms with E-state index < -0.39 is 0 Å². The molecule has 0 radical (unpaired) electrons. The molecule has 1 aromatic carbocycles. The molecule has 0 bridgehead atoms. The van der Waals surface area contributed by atoms with Crippen LogP contribution in [0.1, 0.15) is 38.3 Å². The monoisotopic (exact) mass is 333 g/mol. The van der Waals surface area contributed by atoms with Gasteiger partial charge >= 0.3 is 6.03 Å². The molecule has 1 atom stereocenters. The molecule has 0 spiro atoms. The van der Waals surface area contributed by atoms with Gasteiger partial charge in [0.25, 0.3) is 0 Å². The summed E-state index contributed by atoms with van der Waals surface area (Å²) >= 11 is 0. The number of amides is 2. The van der Waals surface area contributed by atoms with Crippen molar-refractivity contribution in [3.05, 3.63) is 23.8 Å². The van der Waals surface area contributed by atoms with Crippen LogP contribution >= 0.6 is 0 Å². The lowest BCUT2D eigenvalue weighted by Gasteiger charge is -2.28. The van der Waals surface area contributed by atoms with Crippen LogP contribution in [0.5, 0.6) is 11.5 Å². The fourth-order valence-corrected chi connectivity index (χ4v) is 3.18. The number of hydrogen-bond acceptors (Lipinski definition) is 4. The van der Waals surface area contributed by atoms with E-state index in [9.17, 15) is 4.79 Å². The van der Waals surface area contributed by atoms with Gasteiger partial charge in [-0.3, -0.25) is 4.90 Å². The zero-order chi connectivity index (χ0) is 16.9. The zero-order valence-electron chi connectivity index (χ0n) is 14.5. The van der Waals surface area contributed by atoms with Gasteiger partial charge in [0.1, 0.15) is 0 Å². The Morgan fingerprint density at radius 2 is 1.83 bits per heavy atom. The van der Waals surface area contributed by atoms with Crippen molar-refractivity contribution in [3.63, 3.8) is 0 Å². The number of ether oxygens (including phenoxy) is 2. The zero-order valence-corrected chi connectivity index (χ0v) is 14.5. The van der Waals surface area contributed by atoms with Crippen LogP contribution in [0.15, 0.2) is 18.2 Å². The topological polar surface area (TPSA) is 62.8 Å². The Bertz CT molecular complexity index is 571. The summed E-state index contributed by atoms with van der Waals surface area (Å²) in [5, 5.41) is 5.93. The highest BCUT2D eigenvalue weighted by atomic mass is 16.7. The minimum absolute atomic E-state index is 0.103. The van der Waals surface area contributed by atoms with Crippen LogP contribution in [0, 0.1) is 5.92 Å². The number of rotatable bonds is 6. The maximum atomic E-state index is 12.0. The second-order valence-corrected chi connectivity index (χ2v) is 6.86. The summed E-state index contributed by atoms with van der Waals surface area (Å²) in [6.07, 6.45) is 2.42. The molecule has 1 saturated heterocycles. The van der Waals surface area contributed by atoms with Crippen LogP contribution in [0.3, 0.4) is 0 Å². The highest BCUT2D eigenvalue weighted by molar-refractivity contribution is 5.73. The molecule has 2 amide bonds. The molecule has 2 heterocycles. The van der Waals surface area contributed by atoms with Crippen molar-refractivity contribution in [2.45, 2.75) is 32.7 Å². The molecule has 2 aliphatic rings. The molecule has 24 heavy (non-hydrogen) atoms. The molecule has 6 nitrogen and oxygen atoms in total.